The highest BCUT2D eigenvalue weighted by Gasteiger charge is 2.40. The van der Waals surface area contributed by atoms with Crippen LogP contribution in [0.15, 0.2) is 36.4 Å². The Labute approximate surface area is 127 Å². The number of aliphatic hydroxyl groups is 3. The van der Waals surface area contributed by atoms with E-state index < -0.39 is 31.2 Å². The van der Waals surface area contributed by atoms with Crippen molar-refractivity contribution >= 4 is 11.6 Å². The van der Waals surface area contributed by atoms with Crippen molar-refractivity contribution in [2.45, 2.75) is 31.5 Å². The first-order chi connectivity index (χ1) is 10.4. The number of anilines is 1. The van der Waals surface area contributed by atoms with Crippen LogP contribution in [0.3, 0.4) is 0 Å². The van der Waals surface area contributed by atoms with E-state index in [-0.39, 0.29) is 11.5 Å². The van der Waals surface area contributed by atoms with E-state index in [1.165, 1.54) is 6.92 Å². The smallest absolute Gasteiger partial charge is 0.225 e. The maximum absolute atomic E-state index is 10.9. The number of benzene rings is 1. The fourth-order valence-electron chi connectivity index (χ4n) is 2.09. The fourth-order valence-corrected chi connectivity index (χ4v) is 2.09. The predicted octanol–water partition coefficient (Wildman–Crippen LogP) is 0.0190. The third-order valence-corrected chi connectivity index (χ3v) is 3.28. The number of hydrogen-bond donors (Lipinski definition) is 4. The summed E-state index contributed by atoms with van der Waals surface area (Å²) in [6.07, 6.45) is -4.43. The van der Waals surface area contributed by atoms with Gasteiger partial charge in [-0.2, -0.15) is 0 Å². The summed E-state index contributed by atoms with van der Waals surface area (Å²) >= 11 is 0. The van der Waals surface area contributed by atoms with Crippen molar-refractivity contribution in [3.63, 3.8) is 0 Å². The molecule has 0 saturated carbocycles. The zero-order valence-corrected chi connectivity index (χ0v) is 12.1. The second kappa shape index (κ2) is 6.89. The standard InChI is InChI=1S/C15H19NO6/c1-8-13(19)14(20)12(7-17)22-15(8)21-11-5-3-10(4-6-11)16-9(2)18/h3-6,12-15,17,19-20H,1,7H2,2H3,(H,16,18)/t12?,13?,14-,15+/m1/s1. The average molecular weight is 309 g/mol. The second-order valence-electron chi connectivity index (χ2n) is 5.02. The lowest BCUT2D eigenvalue weighted by atomic mass is 9.98. The van der Waals surface area contributed by atoms with Crippen molar-refractivity contribution in [3.8, 4) is 5.75 Å². The van der Waals surface area contributed by atoms with Crippen LogP contribution < -0.4 is 10.1 Å². The molecule has 0 aliphatic carbocycles. The Morgan fingerprint density at radius 1 is 1.36 bits per heavy atom. The number of aliphatic hydroxyl groups excluding tert-OH is 3. The molecule has 1 saturated heterocycles. The van der Waals surface area contributed by atoms with Crippen LogP contribution in [0.1, 0.15) is 6.92 Å². The number of carbonyl (C=O) groups is 1. The highest BCUT2D eigenvalue weighted by molar-refractivity contribution is 5.88. The first-order valence-corrected chi connectivity index (χ1v) is 6.78. The number of carbonyl (C=O) groups excluding carboxylic acids is 1. The third-order valence-electron chi connectivity index (χ3n) is 3.28. The van der Waals surface area contributed by atoms with Gasteiger partial charge in [0.1, 0.15) is 24.1 Å². The molecular weight excluding hydrogens is 290 g/mol. The second-order valence-corrected chi connectivity index (χ2v) is 5.02. The number of rotatable bonds is 4. The van der Waals surface area contributed by atoms with E-state index in [4.69, 9.17) is 14.6 Å². The monoisotopic (exact) mass is 309 g/mol. The maximum atomic E-state index is 10.9. The van der Waals surface area contributed by atoms with Crippen LogP contribution in [-0.2, 0) is 9.53 Å². The summed E-state index contributed by atoms with van der Waals surface area (Å²) in [5.41, 5.74) is 0.787. The van der Waals surface area contributed by atoms with Crippen molar-refractivity contribution in [3.05, 3.63) is 36.4 Å². The molecule has 1 fully saturated rings. The van der Waals surface area contributed by atoms with Crippen molar-refractivity contribution in [1.82, 2.24) is 0 Å². The van der Waals surface area contributed by atoms with E-state index in [1.807, 2.05) is 0 Å². The van der Waals surface area contributed by atoms with Crippen LogP contribution in [0.5, 0.6) is 5.75 Å². The molecule has 0 aromatic heterocycles. The lowest BCUT2D eigenvalue weighted by Crippen LogP contribution is -2.52. The van der Waals surface area contributed by atoms with Crippen LogP contribution in [0.25, 0.3) is 0 Å². The quantitative estimate of drug-likeness (QED) is 0.584. The number of amides is 1. The normalized spacial score (nSPS) is 28.3. The van der Waals surface area contributed by atoms with E-state index >= 15 is 0 Å². The van der Waals surface area contributed by atoms with E-state index in [9.17, 15) is 15.0 Å². The zero-order chi connectivity index (χ0) is 16.3. The maximum Gasteiger partial charge on any atom is 0.225 e. The van der Waals surface area contributed by atoms with Crippen LogP contribution in [0.2, 0.25) is 0 Å². The molecule has 1 heterocycles. The first kappa shape index (κ1) is 16.4. The van der Waals surface area contributed by atoms with Gasteiger partial charge in [-0.15, -0.1) is 0 Å². The van der Waals surface area contributed by atoms with Gasteiger partial charge in [0.25, 0.3) is 0 Å². The fraction of sp³-hybridized carbons (Fsp3) is 0.400. The molecule has 7 nitrogen and oxygen atoms in total. The summed E-state index contributed by atoms with van der Waals surface area (Å²) in [6.45, 7) is 4.61. The Kier molecular flexibility index (Phi) is 5.15. The highest BCUT2D eigenvalue weighted by Crippen LogP contribution is 2.27. The number of hydrogen-bond acceptors (Lipinski definition) is 6. The number of ether oxygens (including phenoxy) is 2. The summed E-state index contributed by atoms with van der Waals surface area (Å²) in [4.78, 5) is 10.9. The molecule has 1 aromatic rings. The minimum Gasteiger partial charge on any atom is -0.461 e. The molecular formula is C15H19NO6. The van der Waals surface area contributed by atoms with Crippen LogP contribution in [0.4, 0.5) is 5.69 Å². The van der Waals surface area contributed by atoms with Gasteiger partial charge in [-0.05, 0) is 24.3 Å². The summed E-state index contributed by atoms with van der Waals surface area (Å²) in [7, 11) is 0. The average Bonchev–Trinajstić information content (AvgIpc) is 2.49. The molecule has 1 aromatic carbocycles. The SMILES string of the molecule is C=C1C(O)[C@H](O)C(CO)O[C@@H]1Oc1ccc(NC(C)=O)cc1. The minimum atomic E-state index is -1.25. The molecule has 4 N–H and O–H groups in total. The molecule has 1 aliphatic heterocycles. The van der Waals surface area contributed by atoms with E-state index in [1.54, 1.807) is 24.3 Å². The van der Waals surface area contributed by atoms with Gasteiger partial charge in [-0.1, -0.05) is 6.58 Å². The predicted molar refractivity (Wildman–Crippen MR) is 78.3 cm³/mol. The summed E-state index contributed by atoms with van der Waals surface area (Å²) in [5, 5.41) is 31.4. The van der Waals surface area contributed by atoms with Gasteiger partial charge in [-0.25, -0.2) is 0 Å². The molecule has 2 rings (SSSR count). The number of nitrogens with one attached hydrogen (secondary N) is 1. The van der Waals surface area contributed by atoms with Gasteiger partial charge in [0, 0.05) is 18.2 Å². The minimum absolute atomic E-state index is 0.170. The van der Waals surface area contributed by atoms with Gasteiger partial charge in [-0.3, -0.25) is 4.79 Å². The Bertz CT molecular complexity index is 543. The summed E-state index contributed by atoms with van der Waals surface area (Å²) in [5.74, 6) is 0.251. The van der Waals surface area contributed by atoms with Crippen LogP contribution >= 0.6 is 0 Å². The zero-order valence-electron chi connectivity index (χ0n) is 12.1. The molecule has 0 bridgehead atoms. The van der Waals surface area contributed by atoms with Crippen molar-refractivity contribution < 1.29 is 29.6 Å². The van der Waals surface area contributed by atoms with Crippen molar-refractivity contribution in [2.24, 2.45) is 0 Å². The van der Waals surface area contributed by atoms with Gasteiger partial charge in [0.05, 0.1) is 6.61 Å². The van der Waals surface area contributed by atoms with Gasteiger partial charge < -0.3 is 30.1 Å². The van der Waals surface area contributed by atoms with Crippen LogP contribution in [0, 0.1) is 0 Å². The highest BCUT2D eigenvalue weighted by atomic mass is 16.7. The Hall–Kier alpha value is -1.93. The molecule has 4 atom stereocenters. The topological polar surface area (TPSA) is 108 Å². The Morgan fingerprint density at radius 3 is 2.55 bits per heavy atom. The molecule has 7 heteroatoms. The van der Waals surface area contributed by atoms with Gasteiger partial charge in [0.2, 0.25) is 12.2 Å². The molecule has 1 amide bonds. The van der Waals surface area contributed by atoms with E-state index in [0.29, 0.717) is 11.4 Å². The van der Waals surface area contributed by atoms with Crippen molar-refractivity contribution in [1.29, 1.82) is 0 Å². The van der Waals surface area contributed by atoms with E-state index in [2.05, 4.69) is 11.9 Å². The lowest BCUT2D eigenvalue weighted by Gasteiger charge is -2.37. The van der Waals surface area contributed by atoms with Crippen LogP contribution in [-0.4, -0.2) is 52.4 Å². The Balaban J connectivity index is 2.05. The molecule has 2 unspecified atom stereocenters. The largest absolute Gasteiger partial charge is 0.461 e. The first-order valence-electron chi connectivity index (χ1n) is 6.78. The lowest BCUT2D eigenvalue weighted by molar-refractivity contribution is -0.198. The third kappa shape index (κ3) is 3.63. The molecule has 1 aliphatic rings. The molecule has 0 spiro atoms. The summed E-state index contributed by atoms with van der Waals surface area (Å²) < 4.78 is 10.9. The van der Waals surface area contributed by atoms with E-state index in [0.717, 1.165) is 0 Å². The van der Waals surface area contributed by atoms with Gasteiger partial charge >= 0.3 is 0 Å². The molecule has 0 radical (unpaired) electrons. The van der Waals surface area contributed by atoms with Crippen molar-refractivity contribution in [2.75, 3.05) is 11.9 Å². The molecule has 120 valence electrons. The van der Waals surface area contributed by atoms with Gasteiger partial charge in [0.15, 0.2) is 0 Å². The summed E-state index contributed by atoms with van der Waals surface area (Å²) in [6, 6.07) is 6.54. The molecule has 22 heavy (non-hydrogen) atoms. The Morgan fingerprint density at radius 2 is 2.00 bits per heavy atom.